The first-order chi connectivity index (χ1) is 9.56. The van der Waals surface area contributed by atoms with Gasteiger partial charge in [0.25, 0.3) is 0 Å². The van der Waals surface area contributed by atoms with Crippen LogP contribution in [-0.4, -0.2) is 48.8 Å². The quantitative estimate of drug-likeness (QED) is 0.814. The van der Waals surface area contributed by atoms with Crippen molar-refractivity contribution in [3.05, 3.63) is 0 Å². The molecule has 1 aliphatic heterocycles. The van der Waals surface area contributed by atoms with Crippen molar-refractivity contribution in [3.63, 3.8) is 0 Å². The van der Waals surface area contributed by atoms with Crippen molar-refractivity contribution >= 4 is 0 Å². The maximum absolute atomic E-state index is 9.42. The van der Waals surface area contributed by atoms with Crippen molar-refractivity contribution in [2.45, 2.75) is 70.9 Å². The van der Waals surface area contributed by atoms with Gasteiger partial charge in [-0.1, -0.05) is 26.2 Å². The van der Waals surface area contributed by atoms with E-state index in [9.17, 15) is 5.11 Å². The summed E-state index contributed by atoms with van der Waals surface area (Å²) in [5.74, 6) is 0.728. The van der Waals surface area contributed by atoms with Crippen molar-refractivity contribution in [3.8, 4) is 0 Å². The van der Waals surface area contributed by atoms with E-state index in [-0.39, 0.29) is 0 Å². The van der Waals surface area contributed by atoms with E-state index in [0.29, 0.717) is 24.1 Å². The maximum atomic E-state index is 9.42. The largest absolute Gasteiger partial charge is 0.396 e. The zero-order valence-electron chi connectivity index (χ0n) is 13.7. The van der Waals surface area contributed by atoms with Crippen LogP contribution in [0.4, 0.5) is 0 Å². The lowest BCUT2D eigenvalue weighted by molar-refractivity contribution is 0.0888. The van der Waals surface area contributed by atoms with Gasteiger partial charge in [0, 0.05) is 31.8 Å². The molecule has 2 aliphatic rings. The standard InChI is InChI=1S/C17H34N2O/c1-14-12-19(3)15(2)11-16(14)18-13-17(9-10-20)7-5-4-6-8-17/h14-16,18,20H,4-13H2,1-3H3. The van der Waals surface area contributed by atoms with E-state index in [1.54, 1.807) is 0 Å². The summed E-state index contributed by atoms with van der Waals surface area (Å²) in [6.45, 7) is 7.37. The minimum absolute atomic E-state index is 0.348. The second-order valence-electron chi connectivity index (χ2n) is 7.52. The van der Waals surface area contributed by atoms with Gasteiger partial charge < -0.3 is 15.3 Å². The number of nitrogens with zero attached hydrogens (tertiary/aromatic N) is 1. The molecule has 0 aromatic carbocycles. The van der Waals surface area contributed by atoms with E-state index >= 15 is 0 Å². The summed E-state index contributed by atoms with van der Waals surface area (Å²) >= 11 is 0. The number of hydrogen-bond acceptors (Lipinski definition) is 3. The van der Waals surface area contributed by atoms with Gasteiger partial charge in [0.1, 0.15) is 0 Å². The molecule has 0 bridgehead atoms. The lowest BCUT2D eigenvalue weighted by atomic mass is 9.71. The summed E-state index contributed by atoms with van der Waals surface area (Å²) in [4.78, 5) is 2.48. The van der Waals surface area contributed by atoms with Crippen LogP contribution in [-0.2, 0) is 0 Å². The minimum Gasteiger partial charge on any atom is -0.396 e. The second kappa shape index (κ2) is 7.24. The van der Waals surface area contributed by atoms with Crippen LogP contribution in [0.2, 0.25) is 0 Å². The van der Waals surface area contributed by atoms with Gasteiger partial charge in [-0.05, 0) is 51.0 Å². The van der Waals surface area contributed by atoms with Gasteiger partial charge in [0.15, 0.2) is 0 Å². The van der Waals surface area contributed by atoms with E-state index in [1.807, 2.05) is 0 Å². The molecule has 1 heterocycles. The van der Waals surface area contributed by atoms with Gasteiger partial charge in [-0.15, -0.1) is 0 Å². The molecule has 1 saturated carbocycles. The molecule has 20 heavy (non-hydrogen) atoms. The Balaban J connectivity index is 1.88. The molecule has 0 radical (unpaired) electrons. The van der Waals surface area contributed by atoms with Crippen molar-refractivity contribution < 1.29 is 5.11 Å². The van der Waals surface area contributed by atoms with Crippen molar-refractivity contribution in [2.75, 3.05) is 26.7 Å². The SMILES string of the molecule is CC1CN(C)C(C)CC1NCC1(CCO)CCCCC1. The first-order valence-corrected chi connectivity index (χ1v) is 8.61. The number of piperidine rings is 1. The number of hydrogen-bond donors (Lipinski definition) is 2. The molecule has 3 nitrogen and oxygen atoms in total. The van der Waals surface area contributed by atoms with Crippen LogP contribution in [0.25, 0.3) is 0 Å². The van der Waals surface area contributed by atoms with Gasteiger partial charge in [-0.3, -0.25) is 0 Å². The molecule has 2 N–H and O–H groups in total. The third-order valence-electron chi connectivity index (χ3n) is 5.91. The third kappa shape index (κ3) is 3.96. The Bertz CT molecular complexity index is 283. The second-order valence-corrected chi connectivity index (χ2v) is 7.52. The van der Waals surface area contributed by atoms with E-state index < -0.39 is 0 Å². The average Bonchev–Trinajstić information content (AvgIpc) is 2.43. The van der Waals surface area contributed by atoms with E-state index in [2.05, 4.69) is 31.1 Å². The Morgan fingerprint density at radius 3 is 2.55 bits per heavy atom. The Labute approximate surface area is 125 Å². The Hall–Kier alpha value is -0.120. The van der Waals surface area contributed by atoms with Crippen molar-refractivity contribution in [2.24, 2.45) is 11.3 Å². The normalized spacial score (nSPS) is 35.1. The highest BCUT2D eigenvalue weighted by atomic mass is 16.3. The fourth-order valence-electron chi connectivity index (χ4n) is 4.23. The lowest BCUT2D eigenvalue weighted by Crippen LogP contribution is -2.53. The molecule has 2 fully saturated rings. The van der Waals surface area contributed by atoms with Crippen molar-refractivity contribution in [1.29, 1.82) is 0 Å². The fraction of sp³-hybridized carbons (Fsp3) is 1.00. The number of likely N-dealkylation sites (tertiary alicyclic amines) is 1. The van der Waals surface area contributed by atoms with Crippen LogP contribution in [0.3, 0.4) is 0 Å². The lowest BCUT2D eigenvalue weighted by Gasteiger charge is -2.43. The number of rotatable bonds is 5. The first kappa shape index (κ1) is 16.3. The number of aliphatic hydroxyl groups excluding tert-OH is 1. The van der Waals surface area contributed by atoms with E-state index in [4.69, 9.17) is 0 Å². The molecule has 3 heteroatoms. The maximum Gasteiger partial charge on any atom is 0.0436 e. The topological polar surface area (TPSA) is 35.5 Å². The van der Waals surface area contributed by atoms with Gasteiger partial charge in [0.2, 0.25) is 0 Å². The van der Waals surface area contributed by atoms with Crippen LogP contribution in [0, 0.1) is 11.3 Å². The van der Waals surface area contributed by atoms with Crippen LogP contribution >= 0.6 is 0 Å². The summed E-state index contributed by atoms with van der Waals surface area (Å²) in [5, 5.41) is 13.3. The third-order valence-corrected chi connectivity index (χ3v) is 5.91. The molecule has 3 unspecified atom stereocenters. The zero-order chi connectivity index (χ0) is 14.6. The molecular formula is C17H34N2O. The molecule has 0 spiro atoms. The molecule has 0 aromatic heterocycles. The van der Waals surface area contributed by atoms with E-state index in [0.717, 1.165) is 18.9 Å². The minimum atomic E-state index is 0.348. The van der Waals surface area contributed by atoms with Crippen molar-refractivity contribution in [1.82, 2.24) is 10.2 Å². The first-order valence-electron chi connectivity index (χ1n) is 8.61. The predicted molar refractivity (Wildman–Crippen MR) is 84.9 cm³/mol. The molecule has 1 saturated heterocycles. The molecule has 0 aromatic rings. The Morgan fingerprint density at radius 1 is 1.20 bits per heavy atom. The van der Waals surface area contributed by atoms with Crippen LogP contribution in [0.15, 0.2) is 0 Å². The van der Waals surface area contributed by atoms with Gasteiger partial charge in [0.05, 0.1) is 0 Å². The van der Waals surface area contributed by atoms with Gasteiger partial charge in [-0.25, -0.2) is 0 Å². The van der Waals surface area contributed by atoms with E-state index in [1.165, 1.54) is 45.1 Å². The molecule has 3 atom stereocenters. The zero-order valence-corrected chi connectivity index (χ0v) is 13.7. The predicted octanol–water partition coefficient (Wildman–Crippen LogP) is 2.64. The fourth-order valence-corrected chi connectivity index (χ4v) is 4.23. The number of nitrogens with one attached hydrogen (secondary N) is 1. The summed E-state index contributed by atoms with van der Waals surface area (Å²) in [6, 6.07) is 1.34. The van der Waals surface area contributed by atoms with Crippen LogP contribution < -0.4 is 5.32 Å². The highest BCUT2D eigenvalue weighted by Crippen LogP contribution is 2.39. The monoisotopic (exact) mass is 282 g/mol. The number of aliphatic hydroxyl groups is 1. The highest BCUT2D eigenvalue weighted by molar-refractivity contribution is 4.90. The molecule has 1 aliphatic carbocycles. The molecule has 118 valence electrons. The highest BCUT2D eigenvalue weighted by Gasteiger charge is 2.34. The smallest absolute Gasteiger partial charge is 0.0436 e. The molecule has 2 rings (SSSR count). The van der Waals surface area contributed by atoms with Gasteiger partial charge >= 0.3 is 0 Å². The van der Waals surface area contributed by atoms with Gasteiger partial charge in [-0.2, -0.15) is 0 Å². The summed E-state index contributed by atoms with van der Waals surface area (Å²) < 4.78 is 0. The average molecular weight is 282 g/mol. The Morgan fingerprint density at radius 2 is 1.90 bits per heavy atom. The Kier molecular flexibility index (Phi) is 5.88. The summed E-state index contributed by atoms with van der Waals surface area (Å²) in [6.07, 6.45) is 8.93. The summed E-state index contributed by atoms with van der Waals surface area (Å²) in [7, 11) is 2.24. The van der Waals surface area contributed by atoms with Crippen LogP contribution in [0.1, 0.15) is 58.8 Å². The molecular weight excluding hydrogens is 248 g/mol. The van der Waals surface area contributed by atoms with Crippen LogP contribution in [0.5, 0.6) is 0 Å². The summed E-state index contributed by atoms with van der Waals surface area (Å²) in [5.41, 5.74) is 0.374. The molecule has 0 amide bonds.